The van der Waals surface area contributed by atoms with Crippen molar-refractivity contribution in [3.8, 4) is 0 Å². The van der Waals surface area contributed by atoms with E-state index in [1.54, 1.807) is 0 Å². The number of nitrogens with one attached hydrogen (secondary N) is 3. The number of nitrogens with zero attached hydrogens (tertiary/aromatic N) is 1. The zero-order valence-corrected chi connectivity index (χ0v) is 15.8. The van der Waals surface area contributed by atoms with Crippen LogP contribution in [0.15, 0.2) is 24.3 Å². The van der Waals surface area contributed by atoms with Gasteiger partial charge in [-0.2, -0.15) is 0 Å². The summed E-state index contributed by atoms with van der Waals surface area (Å²) in [4.78, 5) is 26.6. The number of carbonyl (C=O) groups is 2. The summed E-state index contributed by atoms with van der Waals surface area (Å²) in [5.41, 5.74) is 1.47. The molecule has 7 heteroatoms. The van der Waals surface area contributed by atoms with Gasteiger partial charge < -0.3 is 25.6 Å². The second-order valence-corrected chi connectivity index (χ2v) is 7.26. The third-order valence-electron chi connectivity index (χ3n) is 4.99. The molecule has 2 aliphatic heterocycles. The maximum atomic E-state index is 12.1. The smallest absolute Gasteiger partial charge is 0.226 e. The first kappa shape index (κ1) is 19.8. The van der Waals surface area contributed by atoms with Gasteiger partial charge in [0.15, 0.2) is 0 Å². The van der Waals surface area contributed by atoms with Crippen LogP contribution in [-0.4, -0.2) is 62.1 Å². The van der Waals surface area contributed by atoms with Gasteiger partial charge >= 0.3 is 0 Å². The summed E-state index contributed by atoms with van der Waals surface area (Å²) < 4.78 is 5.36. The van der Waals surface area contributed by atoms with Gasteiger partial charge in [0.2, 0.25) is 11.8 Å². The number of piperidine rings is 1. The van der Waals surface area contributed by atoms with Crippen LogP contribution in [0, 0.1) is 0 Å². The first-order valence-electron chi connectivity index (χ1n) is 9.92. The van der Waals surface area contributed by atoms with Crippen molar-refractivity contribution in [2.24, 2.45) is 0 Å². The van der Waals surface area contributed by atoms with Gasteiger partial charge in [0.25, 0.3) is 0 Å². The summed E-state index contributed by atoms with van der Waals surface area (Å²) in [5.74, 6) is -0.0166. The summed E-state index contributed by atoms with van der Waals surface area (Å²) in [5, 5.41) is 9.07. The molecule has 1 unspecified atom stereocenters. The van der Waals surface area contributed by atoms with Crippen LogP contribution in [0.5, 0.6) is 0 Å². The molecule has 7 nitrogen and oxygen atoms in total. The fourth-order valence-corrected chi connectivity index (χ4v) is 3.49. The van der Waals surface area contributed by atoms with E-state index in [4.69, 9.17) is 4.74 Å². The molecule has 1 aromatic carbocycles. The second-order valence-electron chi connectivity index (χ2n) is 7.26. The molecule has 0 radical (unpaired) electrons. The summed E-state index contributed by atoms with van der Waals surface area (Å²) in [6.07, 6.45) is 4.66. The Morgan fingerprint density at radius 3 is 2.33 bits per heavy atom. The average molecular weight is 374 g/mol. The largest absolute Gasteiger partial charge is 0.378 e. The van der Waals surface area contributed by atoms with E-state index >= 15 is 0 Å². The second kappa shape index (κ2) is 10.4. The SMILES string of the molecule is O=C(CCN1CCCCC1)Nc1ccc(NC(=O)CC2COCCN2)cc1. The molecule has 3 rings (SSSR count). The van der Waals surface area contributed by atoms with Gasteiger partial charge in [0.05, 0.1) is 13.2 Å². The van der Waals surface area contributed by atoms with Crippen LogP contribution in [0.3, 0.4) is 0 Å². The lowest BCUT2D eigenvalue weighted by molar-refractivity contribution is -0.117. The Morgan fingerprint density at radius 1 is 1.04 bits per heavy atom. The standard InChI is InChI=1S/C20H30N4O3/c25-19(8-12-24-10-2-1-3-11-24)22-16-4-6-17(7-5-16)23-20(26)14-18-15-27-13-9-21-18/h4-7,18,21H,1-3,8-15H2,(H,22,25)(H,23,26). The quantitative estimate of drug-likeness (QED) is 0.678. The molecule has 27 heavy (non-hydrogen) atoms. The van der Waals surface area contributed by atoms with Gasteiger partial charge in [-0.15, -0.1) is 0 Å². The molecule has 0 spiro atoms. The van der Waals surface area contributed by atoms with E-state index in [1.165, 1.54) is 19.3 Å². The van der Waals surface area contributed by atoms with E-state index in [0.717, 1.165) is 37.6 Å². The third-order valence-corrected chi connectivity index (χ3v) is 4.99. The van der Waals surface area contributed by atoms with Gasteiger partial charge in [-0.1, -0.05) is 6.42 Å². The molecule has 148 valence electrons. The van der Waals surface area contributed by atoms with Crippen molar-refractivity contribution < 1.29 is 14.3 Å². The number of carbonyl (C=O) groups excluding carboxylic acids is 2. The van der Waals surface area contributed by atoms with Crippen LogP contribution in [0.1, 0.15) is 32.1 Å². The molecule has 1 atom stereocenters. The highest BCUT2D eigenvalue weighted by Crippen LogP contribution is 2.15. The highest BCUT2D eigenvalue weighted by Gasteiger charge is 2.17. The van der Waals surface area contributed by atoms with E-state index in [1.807, 2.05) is 24.3 Å². The van der Waals surface area contributed by atoms with Crippen molar-refractivity contribution >= 4 is 23.2 Å². The number of hydrogen-bond acceptors (Lipinski definition) is 5. The summed E-state index contributed by atoms with van der Waals surface area (Å²) in [6, 6.07) is 7.32. The number of benzene rings is 1. The first-order valence-corrected chi connectivity index (χ1v) is 9.92. The minimum atomic E-state index is -0.0451. The van der Waals surface area contributed by atoms with Gasteiger partial charge in [0, 0.05) is 43.3 Å². The summed E-state index contributed by atoms with van der Waals surface area (Å²) in [6.45, 7) is 5.07. The van der Waals surface area contributed by atoms with Gasteiger partial charge in [-0.25, -0.2) is 0 Å². The Balaban J connectivity index is 1.38. The molecule has 0 saturated carbocycles. The van der Waals surface area contributed by atoms with Crippen molar-refractivity contribution in [3.63, 3.8) is 0 Å². The fraction of sp³-hybridized carbons (Fsp3) is 0.600. The van der Waals surface area contributed by atoms with E-state index in [9.17, 15) is 9.59 Å². The number of morpholine rings is 1. The van der Waals surface area contributed by atoms with Crippen LogP contribution in [-0.2, 0) is 14.3 Å². The Kier molecular flexibility index (Phi) is 7.62. The maximum Gasteiger partial charge on any atom is 0.226 e. The van der Waals surface area contributed by atoms with Crippen molar-refractivity contribution in [1.29, 1.82) is 0 Å². The average Bonchev–Trinajstić information content (AvgIpc) is 2.69. The summed E-state index contributed by atoms with van der Waals surface area (Å²) >= 11 is 0. The highest BCUT2D eigenvalue weighted by molar-refractivity contribution is 5.93. The van der Waals surface area contributed by atoms with E-state index < -0.39 is 0 Å². The minimum absolute atomic E-state index is 0.0285. The van der Waals surface area contributed by atoms with Crippen molar-refractivity contribution in [1.82, 2.24) is 10.2 Å². The number of ether oxygens (including phenoxy) is 1. The van der Waals surface area contributed by atoms with Crippen LogP contribution in [0.2, 0.25) is 0 Å². The van der Waals surface area contributed by atoms with Crippen LogP contribution in [0.25, 0.3) is 0 Å². The number of anilines is 2. The molecule has 2 fully saturated rings. The van der Waals surface area contributed by atoms with E-state index in [2.05, 4.69) is 20.9 Å². The zero-order valence-electron chi connectivity index (χ0n) is 15.8. The van der Waals surface area contributed by atoms with Gasteiger partial charge in [0.1, 0.15) is 0 Å². The molecule has 0 aliphatic carbocycles. The normalized spacial score (nSPS) is 20.8. The molecular weight excluding hydrogens is 344 g/mol. The van der Waals surface area contributed by atoms with Crippen molar-refractivity contribution in [3.05, 3.63) is 24.3 Å². The van der Waals surface area contributed by atoms with Gasteiger partial charge in [-0.05, 0) is 50.2 Å². The number of hydrogen-bond donors (Lipinski definition) is 3. The molecule has 1 aromatic rings. The first-order chi connectivity index (χ1) is 13.2. The lowest BCUT2D eigenvalue weighted by Gasteiger charge is -2.25. The molecule has 2 aliphatic rings. The number of amides is 2. The predicted molar refractivity (Wildman–Crippen MR) is 106 cm³/mol. The third kappa shape index (κ3) is 6.93. The molecule has 2 saturated heterocycles. The Labute approximate surface area is 160 Å². The molecule has 2 amide bonds. The topological polar surface area (TPSA) is 82.7 Å². The van der Waals surface area contributed by atoms with Crippen LogP contribution in [0.4, 0.5) is 11.4 Å². The lowest BCUT2D eigenvalue weighted by atomic mass is 10.1. The lowest BCUT2D eigenvalue weighted by Crippen LogP contribution is -2.43. The molecule has 0 aromatic heterocycles. The zero-order chi connectivity index (χ0) is 18.9. The van der Waals surface area contributed by atoms with Crippen molar-refractivity contribution in [2.75, 3.05) is 50.0 Å². The minimum Gasteiger partial charge on any atom is -0.378 e. The van der Waals surface area contributed by atoms with E-state index in [0.29, 0.717) is 26.1 Å². The Bertz CT molecular complexity index is 608. The number of rotatable bonds is 7. The highest BCUT2D eigenvalue weighted by atomic mass is 16.5. The number of likely N-dealkylation sites (tertiary alicyclic amines) is 1. The fourth-order valence-electron chi connectivity index (χ4n) is 3.49. The van der Waals surface area contributed by atoms with Crippen LogP contribution >= 0.6 is 0 Å². The van der Waals surface area contributed by atoms with Crippen LogP contribution < -0.4 is 16.0 Å². The molecule has 3 N–H and O–H groups in total. The Hall–Kier alpha value is -1.96. The molecule has 2 heterocycles. The Morgan fingerprint density at radius 2 is 1.70 bits per heavy atom. The van der Waals surface area contributed by atoms with E-state index in [-0.39, 0.29) is 17.9 Å². The van der Waals surface area contributed by atoms with Gasteiger partial charge in [-0.3, -0.25) is 9.59 Å². The predicted octanol–water partition coefficient (Wildman–Crippen LogP) is 1.82. The van der Waals surface area contributed by atoms with Crippen molar-refractivity contribution in [2.45, 2.75) is 38.1 Å². The molecule has 0 bridgehead atoms. The molecular formula is C20H30N4O3. The summed E-state index contributed by atoms with van der Waals surface area (Å²) in [7, 11) is 0. The maximum absolute atomic E-state index is 12.1. The monoisotopic (exact) mass is 374 g/mol.